The molecular formula is C23H20N4O5. The van der Waals surface area contributed by atoms with E-state index in [9.17, 15) is 25.0 Å². The molecular weight excluding hydrogens is 412 g/mol. The third-order valence-electron chi connectivity index (χ3n) is 5.49. The highest BCUT2D eigenvalue weighted by molar-refractivity contribution is 6.08. The molecule has 0 bridgehead atoms. The maximum atomic E-state index is 13.4. The molecule has 1 heterocycles. The summed E-state index contributed by atoms with van der Waals surface area (Å²) < 4.78 is 0. The number of non-ortho nitro benzene ring substituents is 2. The summed E-state index contributed by atoms with van der Waals surface area (Å²) >= 11 is 0. The molecule has 4 rings (SSSR count). The van der Waals surface area contributed by atoms with Gasteiger partial charge in [0.15, 0.2) is 0 Å². The van der Waals surface area contributed by atoms with Gasteiger partial charge in [0.05, 0.1) is 27.5 Å². The number of carbonyl (C=O) groups is 1. The van der Waals surface area contributed by atoms with E-state index in [1.54, 1.807) is 4.90 Å². The van der Waals surface area contributed by atoms with Gasteiger partial charge in [0, 0.05) is 29.5 Å². The Morgan fingerprint density at radius 2 is 1.53 bits per heavy atom. The van der Waals surface area contributed by atoms with Gasteiger partial charge in [-0.2, -0.15) is 0 Å². The van der Waals surface area contributed by atoms with E-state index in [2.05, 4.69) is 5.32 Å². The maximum absolute atomic E-state index is 13.4. The summed E-state index contributed by atoms with van der Waals surface area (Å²) in [4.78, 5) is 36.0. The summed E-state index contributed by atoms with van der Waals surface area (Å²) in [5.41, 5.74) is 1.44. The highest BCUT2D eigenvalue weighted by atomic mass is 16.6. The van der Waals surface area contributed by atoms with Gasteiger partial charge in [-0.1, -0.05) is 36.4 Å². The summed E-state index contributed by atoms with van der Waals surface area (Å²) in [6.07, 6.45) is 0.592. The fourth-order valence-corrected chi connectivity index (χ4v) is 4.06. The van der Waals surface area contributed by atoms with Crippen molar-refractivity contribution in [2.45, 2.75) is 25.4 Å². The van der Waals surface area contributed by atoms with Crippen LogP contribution in [0.1, 0.15) is 35.3 Å². The number of rotatable bonds is 5. The minimum Gasteiger partial charge on any atom is -0.378 e. The average molecular weight is 432 g/mol. The molecule has 1 N–H and O–H groups in total. The van der Waals surface area contributed by atoms with Gasteiger partial charge in [-0.3, -0.25) is 25.0 Å². The molecule has 1 aliphatic rings. The van der Waals surface area contributed by atoms with Crippen molar-refractivity contribution in [1.82, 2.24) is 0 Å². The minimum atomic E-state index is -0.739. The number of nitrogens with zero attached hydrogens (tertiary/aromatic N) is 3. The molecule has 0 aliphatic carbocycles. The molecule has 0 radical (unpaired) electrons. The first-order valence-electron chi connectivity index (χ1n) is 10.0. The largest absolute Gasteiger partial charge is 0.378 e. The Balaban J connectivity index is 1.73. The summed E-state index contributed by atoms with van der Waals surface area (Å²) in [5, 5.41) is 26.0. The van der Waals surface area contributed by atoms with E-state index in [1.165, 1.54) is 0 Å². The first-order valence-corrected chi connectivity index (χ1v) is 10.0. The molecule has 0 spiro atoms. The van der Waals surface area contributed by atoms with E-state index in [4.69, 9.17) is 0 Å². The number of nitrogens with one attached hydrogen (secondary N) is 1. The lowest BCUT2D eigenvalue weighted by Gasteiger charge is -2.40. The number of para-hydroxylation sites is 2. The van der Waals surface area contributed by atoms with Crippen LogP contribution < -0.4 is 10.2 Å². The van der Waals surface area contributed by atoms with E-state index in [0.717, 1.165) is 29.4 Å². The summed E-state index contributed by atoms with van der Waals surface area (Å²) in [6, 6.07) is 19.9. The zero-order valence-electron chi connectivity index (χ0n) is 17.2. The number of anilines is 2. The third kappa shape index (κ3) is 4.00. The predicted octanol–water partition coefficient (Wildman–Crippen LogP) is 5.10. The number of fused-ring (bicyclic) bond motifs is 1. The van der Waals surface area contributed by atoms with Gasteiger partial charge in [-0.15, -0.1) is 0 Å². The molecule has 0 aromatic heterocycles. The standard InChI is InChI=1S/C23H20N4O5/c1-15-11-21(24-17-7-3-2-4-8-17)20-9-5-6-10-22(20)25(15)23(28)16-12-18(26(29)30)14-19(13-16)27(31)32/h2-10,12-15,21,24H,11H2,1H3/t15-,21-/m1/s1. The topological polar surface area (TPSA) is 119 Å². The van der Waals surface area contributed by atoms with E-state index in [0.29, 0.717) is 12.1 Å². The summed E-state index contributed by atoms with van der Waals surface area (Å²) in [6.45, 7) is 1.89. The van der Waals surface area contributed by atoms with Crippen LogP contribution >= 0.6 is 0 Å². The van der Waals surface area contributed by atoms with Crippen molar-refractivity contribution < 1.29 is 14.6 Å². The van der Waals surface area contributed by atoms with Gasteiger partial charge < -0.3 is 10.2 Å². The van der Waals surface area contributed by atoms with Crippen LogP contribution in [0.3, 0.4) is 0 Å². The van der Waals surface area contributed by atoms with Gasteiger partial charge in [0.25, 0.3) is 17.3 Å². The van der Waals surface area contributed by atoms with Gasteiger partial charge >= 0.3 is 0 Å². The number of hydrogen-bond donors (Lipinski definition) is 1. The lowest BCUT2D eigenvalue weighted by Crippen LogP contribution is -2.44. The number of nitro benzene ring substituents is 2. The fraction of sp³-hybridized carbons (Fsp3) is 0.174. The van der Waals surface area contributed by atoms with Crippen molar-refractivity contribution in [1.29, 1.82) is 0 Å². The second-order valence-corrected chi connectivity index (χ2v) is 7.63. The third-order valence-corrected chi connectivity index (χ3v) is 5.49. The first-order chi connectivity index (χ1) is 15.3. The molecule has 0 saturated carbocycles. The molecule has 2 atom stereocenters. The Morgan fingerprint density at radius 1 is 0.938 bits per heavy atom. The van der Waals surface area contributed by atoms with Crippen LogP contribution in [0.2, 0.25) is 0 Å². The molecule has 0 saturated heterocycles. The van der Waals surface area contributed by atoms with Crippen LogP contribution in [0.25, 0.3) is 0 Å². The van der Waals surface area contributed by atoms with Gasteiger partial charge in [0.1, 0.15) is 0 Å². The average Bonchev–Trinajstić information content (AvgIpc) is 2.79. The van der Waals surface area contributed by atoms with Crippen molar-refractivity contribution in [2.24, 2.45) is 0 Å². The highest BCUT2D eigenvalue weighted by Crippen LogP contribution is 2.40. The molecule has 3 aromatic carbocycles. The Morgan fingerprint density at radius 3 is 2.16 bits per heavy atom. The number of benzene rings is 3. The SMILES string of the molecule is C[C@@H]1C[C@@H](Nc2ccccc2)c2ccccc2N1C(=O)c1cc([N+](=O)[O-])cc([N+](=O)[O-])c1. The Hall–Kier alpha value is -4.27. The van der Waals surface area contributed by atoms with Gasteiger partial charge in [-0.05, 0) is 37.1 Å². The Labute approximate surface area is 183 Å². The molecule has 1 amide bonds. The van der Waals surface area contributed by atoms with Crippen LogP contribution in [-0.2, 0) is 0 Å². The van der Waals surface area contributed by atoms with Crippen LogP contribution in [0, 0.1) is 20.2 Å². The van der Waals surface area contributed by atoms with Crippen molar-refractivity contribution in [3.8, 4) is 0 Å². The number of nitro groups is 2. The van der Waals surface area contributed by atoms with Crippen molar-refractivity contribution in [3.05, 3.63) is 104 Å². The molecule has 0 fully saturated rings. The van der Waals surface area contributed by atoms with Crippen molar-refractivity contribution in [3.63, 3.8) is 0 Å². The highest BCUT2D eigenvalue weighted by Gasteiger charge is 2.35. The Kier molecular flexibility index (Phi) is 5.55. The second kappa shape index (κ2) is 8.46. The molecule has 162 valence electrons. The normalized spacial score (nSPS) is 17.3. The maximum Gasteiger partial charge on any atom is 0.277 e. The summed E-state index contributed by atoms with van der Waals surface area (Å²) in [7, 11) is 0. The van der Waals surface area contributed by atoms with Crippen molar-refractivity contribution >= 4 is 28.7 Å². The lowest BCUT2D eigenvalue weighted by molar-refractivity contribution is -0.394. The van der Waals surface area contributed by atoms with Crippen LogP contribution in [0.5, 0.6) is 0 Å². The monoisotopic (exact) mass is 432 g/mol. The first kappa shape index (κ1) is 21.0. The smallest absolute Gasteiger partial charge is 0.277 e. The minimum absolute atomic E-state index is 0.0490. The van der Waals surface area contributed by atoms with Gasteiger partial charge in [0.2, 0.25) is 0 Å². The van der Waals surface area contributed by atoms with Crippen LogP contribution in [0.15, 0.2) is 72.8 Å². The second-order valence-electron chi connectivity index (χ2n) is 7.63. The van der Waals surface area contributed by atoms with E-state index >= 15 is 0 Å². The van der Waals surface area contributed by atoms with E-state index in [1.807, 2.05) is 61.5 Å². The summed E-state index contributed by atoms with van der Waals surface area (Å²) in [5.74, 6) is -0.519. The Bertz CT molecular complexity index is 1170. The van der Waals surface area contributed by atoms with Crippen LogP contribution in [0.4, 0.5) is 22.7 Å². The molecule has 9 heteroatoms. The zero-order valence-corrected chi connectivity index (χ0v) is 17.2. The molecule has 0 unspecified atom stereocenters. The predicted molar refractivity (Wildman–Crippen MR) is 120 cm³/mol. The molecule has 32 heavy (non-hydrogen) atoms. The quantitative estimate of drug-likeness (QED) is 0.443. The van der Waals surface area contributed by atoms with Crippen molar-refractivity contribution in [2.75, 3.05) is 10.2 Å². The number of carbonyl (C=O) groups excluding carboxylic acids is 1. The fourth-order valence-electron chi connectivity index (χ4n) is 4.06. The molecule has 3 aromatic rings. The number of amides is 1. The van der Waals surface area contributed by atoms with Gasteiger partial charge in [-0.25, -0.2) is 0 Å². The van der Waals surface area contributed by atoms with Crippen LogP contribution in [-0.4, -0.2) is 21.8 Å². The number of hydrogen-bond acceptors (Lipinski definition) is 6. The zero-order chi connectivity index (χ0) is 22.8. The molecule has 1 aliphatic heterocycles. The van der Waals surface area contributed by atoms with E-state index < -0.39 is 27.1 Å². The van der Waals surface area contributed by atoms with E-state index in [-0.39, 0.29) is 17.6 Å². The lowest BCUT2D eigenvalue weighted by atomic mass is 9.90. The molecule has 9 nitrogen and oxygen atoms in total.